The first-order chi connectivity index (χ1) is 6.00. The number of hydrogen-bond acceptors (Lipinski definition) is 3. The fourth-order valence-electron chi connectivity index (χ4n) is 1.10. The lowest BCUT2D eigenvalue weighted by molar-refractivity contribution is 0.371. The fraction of sp³-hybridized carbons (Fsp3) is 0.333. The van der Waals surface area contributed by atoms with Gasteiger partial charge < -0.3 is 15.1 Å². The highest BCUT2D eigenvalue weighted by Crippen LogP contribution is 2.29. The Morgan fingerprint density at radius 2 is 1.92 bits per heavy atom. The van der Waals surface area contributed by atoms with E-state index in [0.717, 1.165) is 0 Å². The van der Waals surface area contributed by atoms with Gasteiger partial charge >= 0.3 is 0 Å². The fourth-order valence-corrected chi connectivity index (χ4v) is 1.10. The normalized spacial score (nSPS) is 10.8. The van der Waals surface area contributed by atoms with Gasteiger partial charge in [0.15, 0.2) is 17.3 Å². The summed E-state index contributed by atoms with van der Waals surface area (Å²) in [7, 11) is 3.67. The van der Waals surface area contributed by atoms with E-state index in [1.54, 1.807) is 0 Å². The summed E-state index contributed by atoms with van der Waals surface area (Å²) in [6.07, 6.45) is 0. The molecule has 0 bridgehead atoms. The number of rotatable bonds is 2. The Kier molecular flexibility index (Phi) is 2.72. The molecule has 0 amide bonds. The standard InChI is InChI=1S/C9H12FNO2/c1-11(2)5-6-3-7(10)9(13)8(12)4-6/h3-4,12-13H,5H2,1-2H3. The van der Waals surface area contributed by atoms with Gasteiger partial charge in [-0.3, -0.25) is 0 Å². The van der Waals surface area contributed by atoms with Crippen LogP contribution in [0, 0.1) is 5.82 Å². The molecule has 1 rings (SSSR count). The molecule has 0 spiro atoms. The summed E-state index contributed by atoms with van der Waals surface area (Å²) < 4.78 is 12.9. The lowest BCUT2D eigenvalue weighted by Gasteiger charge is -2.10. The lowest BCUT2D eigenvalue weighted by Crippen LogP contribution is -2.10. The Morgan fingerprint density at radius 3 is 2.38 bits per heavy atom. The first-order valence-corrected chi connectivity index (χ1v) is 3.86. The average molecular weight is 185 g/mol. The number of aromatic hydroxyl groups is 2. The van der Waals surface area contributed by atoms with E-state index < -0.39 is 17.3 Å². The van der Waals surface area contributed by atoms with Gasteiger partial charge in [-0.25, -0.2) is 4.39 Å². The average Bonchev–Trinajstić information content (AvgIpc) is 1.98. The molecule has 13 heavy (non-hydrogen) atoms. The van der Waals surface area contributed by atoms with E-state index in [0.29, 0.717) is 12.1 Å². The van der Waals surface area contributed by atoms with Gasteiger partial charge in [0.25, 0.3) is 0 Å². The summed E-state index contributed by atoms with van der Waals surface area (Å²) in [6, 6.07) is 2.55. The van der Waals surface area contributed by atoms with Gasteiger partial charge in [0.2, 0.25) is 0 Å². The van der Waals surface area contributed by atoms with E-state index in [9.17, 15) is 4.39 Å². The van der Waals surface area contributed by atoms with Crippen LogP contribution in [0.5, 0.6) is 11.5 Å². The van der Waals surface area contributed by atoms with Crippen LogP contribution in [0.4, 0.5) is 4.39 Å². The number of benzene rings is 1. The molecule has 0 aliphatic rings. The van der Waals surface area contributed by atoms with Crippen molar-refractivity contribution < 1.29 is 14.6 Å². The molecule has 3 nitrogen and oxygen atoms in total. The second-order valence-corrected chi connectivity index (χ2v) is 3.18. The van der Waals surface area contributed by atoms with Crippen LogP contribution in [0.1, 0.15) is 5.56 Å². The predicted octanol–water partition coefficient (Wildman–Crippen LogP) is 1.30. The molecule has 0 saturated heterocycles. The summed E-state index contributed by atoms with van der Waals surface area (Å²) >= 11 is 0. The SMILES string of the molecule is CN(C)Cc1cc(O)c(O)c(F)c1. The smallest absolute Gasteiger partial charge is 0.194 e. The van der Waals surface area contributed by atoms with E-state index >= 15 is 0 Å². The van der Waals surface area contributed by atoms with Gasteiger partial charge in [-0.2, -0.15) is 0 Å². The third-order valence-electron chi connectivity index (χ3n) is 1.60. The number of hydrogen-bond donors (Lipinski definition) is 2. The molecule has 0 fully saturated rings. The zero-order chi connectivity index (χ0) is 10.0. The first kappa shape index (κ1) is 9.80. The molecule has 0 aliphatic carbocycles. The van der Waals surface area contributed by atoms with Gasteiger partial charge in [-0.05, 0) is 31.8 Å². The largest absolute Gasteiger partial charge is 0.504 e. The molecular weight excluding hydrogens is 173 g/mol. The zero-order valence-electron chi connectivity index (χ0n) is 7.58. The Labute approximate surface area is 76.0 Å². The molecule has 72 valence electrons. The third-order valence-corrected chi connectivity index (χ3v) is 1.60. The van der Waals surface area contributed by atoms with Crippen LogP contribution < -0.4 is 0 Å². The summed E-state index contributed by atoms with van der Waals surface area (Å²) in [5, 5.41) is 18.0. The second kappa shape index (κ2) is 3.62. The predicted molar refractivity (Wildman–Crippen MR) is 47.1 cm³/mol. The Balaban J connectivity index is 2.99. The van der Waals surface area contributed by atoms with Gasteiger partial charge in [-0.15, -0.1) is 0 Å². The molecule has 4 heteroatoms. The lowest BCUT2D eigenvalue weighted by atomic mass is 10.2. The molecule has 0 radical (unpaired) electrons. The van der Waals surface area contributed by atoms with Gasteiger partial charge in [-0.1, -0.05) is 0 Å². The molecule has 2 N–H and O–H groups in total. The molecule has 0 aromatic heterocycles. The number of nitrogens with zero attached hydrogens (tertiary/aromatic N) is 1. The molecule has 0 atom stereocenters. The molecular formula is C9H12FNO2. The van der Waals surface area contributed by atoms with E-state index in [-0.39, 0.29) is 0 Å². The van der Waals surface area contributed by atoms with Crippen molar-refractivity contribution in [2.24, 2.45) is 0 Å². The first-order valence-electron chi connectivity index (χ1n) is 3.86. The number of phenols is 2. The van der Waals surface area contributed by atoms with Crippen LogP contribution in [-0.4, -0.2) is 29.2 Å². The van der Waals surface area contributed by atoms with E-state index in [2.05, 4.69) is 0 Å². The highest BCUT2D eigenvalue weighted by molar-refractivity contribution is 5.41. The van der Waals surface area contributed by atoms with Crippen molar-refractivity contribution in [3.63, 3.8) is 0 Å². The highest BCUT2D eigenvalue weighted by atomic mass is 19.1. The summed E-state index contributed by atoms with van der Waals surface area (Å²) in [4.78, 5) is 1.84. The molecule has 0 aliphatic heterocycles. The van der Waals surface area contributed by atoms with E-state index in [4.69, 9.17) is 10.2 Å². The molecule has 1 aromatic carbocycles. The van der Waals surface area contributed by atoms with Gasteiger partial charge in [0.05, 0.1) is 0 Å². The molecule has 1 aromatic rings. The van der Waals surface area contributed by atoms with Crippen molar-refractivity contribution in [1.29, 1.82) is 0 Å². The third kappa shape index (κ3) is 2.32. The van der Waals surface area contributed by atoms with Crippen LogP contribution in [0.15, 0.2) is 12.1 Å². The van der Waals surface area contributed by atoms with Gasteiger partial charge in [0, 0.05) is 6.54 Å². The summed E-state index contributed by atoms with van der Waals surface area (Å²) in [6.45, 7) is 0.519. The van der Waals surface area contributed by atoms with Crippen LogP contribution in [-0.2, 0) is 6.54 Å². The number of halogens is 1. The Morgan fingerprint density at radius 1 is 1.31 bits per heavy atom. The van der Waals surface area contributed by atoms with Crippen molar-refractivity contribution >= 4 is 0 Å². The van der Waals surface area contributed by atoms with Crippen LogP contribution >= 0.6 is 0 Å². The Hall–Kier alpha value is -1.29. The number of phenolic OH excluding ortho intramolecular Hbond substituents is 2. The quantitative estimate of drug-likeness (QED) is 0.682. The van der Waals surface area contributed by atoms with Crippen LogP contribution in [0.3, 0.4) is 0 Å². The second-order valence-electron chi connectivity index (χ2n) is 3.18. The minimum absolute atomic E-state index is 0.420. The van der Waals surface area contributed by atoms with E-state index in [1.807, 2.05) is 19.0 Å². The van der Waals surface area contributed by atoms with Crippen LogP contribution in [0.2, 0.25) is 0 Å². The monoisotopic (exact) mass is 185 g/mol. The maximum atomic E-state index is 12.9. The zero-order valence-corrected chi connectivity index (χ0v) is 7.58. The maximum Gasteiger partial charge on any atom is 0.194 e. The maximum absolute atomic E-state index is 12.9. The minimum Gasteiger partial charge on any atom is -0.504 e. The minimum atomic E-state index is -0.795. The van der Waals surface area contributed by atoms with Crippen molar-refractivity contribution in [3.8, 4) is 11.5 Å². The molecule has 0 heterocycles. The van der Waals surface area contributed by atoms with Crippen molar-refractivity contribution in [1.82, 2.24) is 4.90 Å². The summed E-state index contributed by atoms with van der Waals surface area (Å²) in [5.74, 6) is -1.91. The topological polar surface area (TPSA) is 43.7 Å². The highest BCUT2D eigenvalue weighted by Gasteiger charge is 2.08. The molecule has 0 unspecified atom stereocenters. The van der Waals surface area contributed by atoms with Crippen molar-refractivity contribution in [3.05, 3.63) is 23.5 Å². The Bertz CT molecular complexity index is 289. The van der Waals surface area contributed by atoms with Crippen molar-refractivity contribution in [2.75, 3.05) is 14.1 Å². The van der Waals surface area contributed by atoms with Crippen molar-refractivity contribution in [2.45, 2.75) is 6.54 Å². The molecule has 0 saturated carbocycles. The van der Waals surface area contributed by atoms with E-state index in [1.165, 1.54) is 12.1 Å². The van der Waals surface area contributed by atoms with Crippen LogP contribution in [0.25, 0.3) is 0 Å². The summed E-state index contributed by atoms with van der Waals surface area (Å²) in [5.41, 5.74) is 0.623. The van der Waals surface area contributed by atoms with Gasteiger partial charge in [0.1, 0.15) is 0 Å².